The second kappa shape index (κ2) is 8.28. The smallest absolute Gasteiger partial charge is 0.228 e. The Labute approximate surface area is 184 Å². The van der Waals surface area contributed by atoms with Gasteiger partial charge in [-0.05, 0) is 66.1 Å². The van der Waals surface area contributed by atoms with Gasteiger partial charge in [-0.25, -0.2) is 0 Å². The number of halogens is 1. The van der Waals surface area contributed by atoms with Gasteiger partial charge in [0, 0.05) is 16.1 Å². The monoisotopic (exact) mass is 417 g/mol. The minimum absolute atomic E-state index is 0.0501. The molecule has 1 aliphatic carbocycles. The van der Waals surface area contributed by atoms with E-state index in [-0.39, 0.29) is 17.2 Å². The zero-order valence-corrected chi connectivity index (χ0v) is 18.6. The van der Waals surface area contributed by atoms with Crippen LogP contribution >= 0.6 is 11.6 Å². The van der Waals surface area contributed by atoms with Gasteiger partial charge in [0.2, 0.25) is 5.91 Å². The first kappa shape index (κ1) is 20.7. The molecule has 1 aliphatic rings. The average Bonchev–Trinajstić information content (AvgIpc) is 3.53. The number of amides is 1. The predicted molar refractivity (Wildman–Crippen MR) is 125 cm³/mol. The van der Waals surface area contributed by atoms with E-state index in [0.717, 1.165) is 30.5 Å². The van der Waals surface area contributed by atoms with Crippen LogP contribution in [0.2, 0.25) is 5.02 Å². The van der Waals surface area contributed by atoms with E-state index >= 15 is 0 Å². The standard InChI is InChI=1S/C27H28ClNO/c1-4-19-7-11-21(12-8-19)27(22-13-9-20(5-2)10-14-22)17-24(27)26(30)29-23-15-6-18(3)25(28)16-23/h6-16,24H,4-5,17H2,1-3H3,(H,29,30)/t24-/m0/s1. The van der Waals surface area contributed by atoms with Crippen molar-refractivity contribution in [2.24, 2.45) is 5.92 Å². The summed E-state index contributed by atoms with van der Waals surface area (Å²) in [6, 6.07) is 23.2. The zero-order chi connectivity index (χ0) is 21.3. The number of nitrogens with one attached hydrogen (secondary N) is 1. The SMILES string of the molecule is CCc1ccc(C2(c3ccc(CC)cc3)C[C@H]2C(=O)Nc2ccc(C)c(Cl)c2)cc1. The topological polar surface area (TPSA) is 29.1 Å². The Hall–Kier alpha value is -2.58. The van der Waals surface area contributed by atoms with Crippen molar-refractivity contribution >= 4 is 23.2 Å². The number of aryl methyl sites for hydroxylation is 3. The summed E-state index contributed by atoms with van der Waals surface area (Å²) in [5.41, 5.74) is 6.54. The van der Waals surface area contributed by atoms with Crippen LogP contribution in [0.15, 0.2) is 66.7 Å². The van der Waals surface area contributed by atoms with Gasteiger partial charge < -0.3 is 5.32 Å². The Morgan fingerprint density at radius 1 is 0.933 bits per heavy atom. The van der Waals surface area contributed by atoms with Crippen molar-refractivity contribution in [1.29, 1.82) is 0 Å². The van der Waals surface area contributed by atoms with Gasteiger partial charge in [-0.2, -0.15) is 0 Å². The van der Waals surface area contributed by atoms with E-state index in [0.29, 0.717) is 5.02 Å². The maximum Gasteiger partial charge on any atom is 0.228 e. The normalized spacial score (nSPS) is 16.9. The number of carbonyl (C=O) groups is 1. The Bertz CT molecular complexity index is 1010. The average molecular weight is 418 g/mol. The summed E-state index contributed by atoms with van der Waals surface area (Å²) in [4.78, 5) is 13.2. The molecule has 3 heteroatoms. The van der Waals surface area contributed by atoms with Crippen molar-refractivity contribution < 1.29 is 4.79 Å². The fraction of sp³-hybridized carbons (Fsp3) is 0.296. The molecule has 0 heterocycles. The molecule has 0 aliphatic heterocycles. The van der Waals surface area contributed by atoms with Crippen LogP contribution < -0.4 is 5.32 Å². The molecule has 1 amide bonds. The molecule has 30 heavy (non-hydrogen) atoms. The summed E-state index contributed by atoms with van der Waals surface area (Å²) in [5, 5.41) is 3.75. The predicted octanol–water partition coefficient (Wildman–Crippen LogP) is 6.72. The lowest BCUT2D eigenvalue weighted by molar-refractivity contribution is -0.117. The molecule has 0 radical (unpaired) electrons. The third-order valence-electron chi connectivity index (χ3n) is 6.47. The molecular weight excluding hydrogens is 390 g/mol. The zero-order valence-electron chi connectivity index (χ0n) is 17.8. The minimum Gasteiger partial charge on any atom is -0.326 e. The van der Waals surface area contributed by atoms with E-state index in [1.807, 2.05) is 25.1 Å². The number of hydrogen-bond acceptors (Lipinski definition) is 1. The first-order valence-electron chi connectivity index (χ1n) is 10.7. The molecule has 0 unspecified atom stereocenters. The lowest BCUT2D eigenvalue weighted by atomic mass is 9.84. The maximum absolute atomic E-state index is 13.2. The van der Waals surface area contributed by atoms with E-state index in [2.05, 4.69) is 67.7 Å². The molecule has 0 saturated heterocycles. The van der Waals surface area contributed by atoms with Crippen LogP contribution in [0.5, 0.6) is 0 Å². The fourth-order valence-corrected chi connectivity index (χ4v) is 4.54. The molecule has 0 bridgehead atoms. The highest BCUT2D eigenvalue weighted by atomic mass is 35.5. The largest absolute Gasteiger partial charge is 0.326 e. The summed E-state index contributed by atoms with van der Waals surface area (Å²) >= 11 is 6.25. The number of hydrogen-bond donors (Lipinski definition) is 1. The summed E-state index contributed by atoms with van der Waals surface area (Å²) in [6.07, 6.45) is 2.84. The molecule has 154 valence electrons. The second-order valence-electron chi connectivity index (χ2n) is 8.28. The molecule has 1 N–H and O–H groups in total. The second-order valence-corrected chi connectivity index (χ2v) is 8.69. The molecule has 2 nitrogen and oxygen atoms in total. The van der Waals surface area contributed by atoms with Gasteiger partial charge in [-0.3, -0.25) is 4.79 Å². The van der Waals surface area contributed by atoms with Crippen LogP contribution in [0.1, 0.15) is 48.1 Å². The Balaban J connectivity index is 1.66. The fourth-order valence-electron chi connectivity index (χ4n) is 4.36. The third-order valence-corrected chi connectivity index (χ3v) is 6.88. The lowest BCUT2D eigenvalue weighted by Gasteiger charge is -2.20. The van der Waals surface area contributed by atoms with Crippen molar-refractivity contribution in [1.82, 2.24) is 0 Å². The van der Waals surface area contributed by atoms with Gasteiger partial charge in [0.15, 0.2) is 0 Å². The molecule has 1 fully saturated rings. The van der Waals surface area contributed by atoms with Crippen LogP contribution in [0.3, 0.4) is 0 Å². The van der Waals surface area contributed by atoms with E-state index in [1.165, 1.54) is 22.3 Å². The molecule has 1 saturated carbocycles. The van der Waals surface area contributed by atoms with Crippen molar-refractivity contribution in [2.45, 2.75) is 45.4 Å². The maximum atomic E-state index is 13.2. The Kier molecular flexibility index (Phi) is 5.71. The summed E-state index contributed by atoms with van der Waals surface area (Å²) in [6.45, 7) is 6.28. The van der Waals surface area contributed by atoms with Crippen molar-refractivity contribution in [3.05, 3.63) is 99.6 Å². The lowest BCUT2D eigenvalue weighted by Crippen LogP contribution is -2.22. The number of rotatable bonds is 6. The quantitative estimate of drug-likeness (QED) is 0.474. The van der Waals surface area contributed by atoms with Crippen molar-refractivity contribution in [2.75, 3.05) is 5.32 Å². The molecule has 3 aromatic carbocycles. The molecule has 1 atom stereocenters. The highest BCUT2D eigenvalue weighted by Gasteiger charge is 2.60. The van der Waals surface area contributed by atoms with Gasteiger partial charge in [0.25, 0.3) is 0 Å². The minimum atomic E-state index is -0.267. The molecule has 4 rings (SSSR count). The number of anilines is 1. The first-order valence-corrected chi connectivity index (χ1v) is 11.1. The van der Waals surface area contributed by atoms with Crippen LogP contribution in [-0.2, 0) is 23.1 Å². The van der Waals surface area contributed by atoms with Crippen LogP contribution in [0.4, 0.5) is 5.69 Å². The molecule has 0 aromatic heterocycles. The van der Waals surface area contributed by atoms with E-state index in [9.17, 15) is 4.79 Å². The van der Waals surface area contributed by atoms with E-state index in [4.69, 9.17) is 11.6 Å². The summed E-state index contributed by atoms with van der Waals surface area (Å²) in [7, 11) is 0. The third kappa shape index (κ3) is 3.77. The Morgan fingerprint density at radius 2 is 1.47 bits per heavy atom. The van der Waals surface area contributed by atoms with Gasteiger partial charge in [0.05, 0.1) is 5.92 Å². The summed E-state index contributed by atoms with van der Waals surface area (Å²) in [5.74, 6) is -0.0495. The summed E-state index contributed by atoms with van der Waals surface area (Å²) < 4.78 is 0. The Morgan fingerprint density at radius 3 is 1.93 bits per heavy atom. The highest BCUT2D eigenvalue weighted by molar-refractivity contribution is 6.31. The number of carbonyl (C=O) groups excluding carboxylic acids is 1. The van der Waals surface area contributed by atoms with Crippen LogP contribution in [0.25, 0.3) is 0 Å². The van der Waals surface area contributed by atoms with Gasteiger partial charge in [-0.1, -0.05) is 80.0 Å². The van der Waals surface area contributed by atoms with E-state index < -0.39 is 0 Å². The van der Waals surface area contributed by atoms with Crippen molar-refractivity contribution in [3.8, 4) is 0 Å². The highest BCUT2D eigenvalue weighted by Crippen LogP contribution is 2.59. The van der Waals surface area contributed by atoms with Crippen LogP contribution in [0, 0.1) is 12.8 Å². The van der Waals surface area contributed by atoms with Crippen LogP contribution in [-0.4, -0.2) is 5.91 Å². The molecular formula is C27H28ClNO. The van der Waals surface area contributed by atoms with E-state index in [1.54, 1.807) is 0 Å². The molecule has 0 spiro atoms. The van der Waals surface area contributed by atoms with Crippen molar-refractivity contribution in [3.63, 3.8) is 0 Å². The van der Waals surface area contributed by atoms with Gasteiger partial charge in [-0.15, -0.1) is 0 Å². The molecule has 3 aromatic rings. The van der Waals surface area contributed by atoms with Gasteiger partial charge >= 0.3 is 0 Å². The first-order chi connectivity index (χ1) is 14.5. The van der Waals surface area contributed by atoms with Gasteiger partial charge in [0.1, 0.15) is 0 Å². The number of benzene rings is 3.